The van der Waals surface area contributed by atoms with Gasteiger partial charge in [-0.3, -0.25) is 4.79 Å². The van der Waals surface area contributed by atoms with Crippen molar-refractivity contribution in [2.75, 3.05) is 0 Å². The SMILES string of the molecule is CC1=CC(=O)C(Br)C(C)(Br)/C1=N/OC(=O)c1ccc(Cl)cc1. The van der Waals surface area contributed by atoms with Crippen molar-refractivity contribution in [3.05, 3.63) is 46.5 Å². The summed E-state index contributed by atoms with van der Waals surface area (Å²) in [4.78, 5) is 28.3. The molecule has 0 N–H and O–H groups in total. The van der Waals surface area contributed by atoms with Gasteiger partial charge in [0.05, 0.1) is 14.7 Å². The van der Waals surface area contributed by atoms with Crippen molar-refractivity contribution >= 4 is 60.9 Å². The standard InChI is InChI=1S/C15H12Br2ClNO3/c1-8-7-11(20)12(16)15(2,17)13(8)19-22-14(21)9-3-5-10(18)6-4-9/h3-7,12H,1-2H3/b19-13+. The van der Waals surface area contributed by atoms with Gasteiger partial charge in [-0.2, -0.15) is 0 Å². The number of carbonyl (C=O) groups excluding carboxylic acids is 2. The molecule has 1 aliphatic carbocycles. The highest BCUT2D eigenvalue weighted by molar-refractivity contribution is 9.13. The molecule has 2 rings (SSSR count). The summed E-state index contributed by atoms with van der Waals surface area (Å²) in [5.74, 6) is -0.664. The van der Waals surface area contributed by atoms with Gasteiger partial charge < -0.3 is 4.84 Å². The van der Waals surface area contributed by atoms with Crippen LogP contribution in [0.5, 0.6) is 0 Å². The van der Waals surface area contributed by atoms with E-state index in [4.69, 9.17) is 16.4 Å². The van der Waals surface area contributed by atoms with E-state index in [1.807, 2.05) is 0 Å². The fourth-order valence-electron chi connectivity index (χ4n) is 2.01. The summed E-state index contributed by atoms with van der Waals surface area (Å²) in [6, 6.07) is 6.30. The van der Waals surface area contributed by atoms with Gasteiger partial charge in [-0.25, -0.2) is 4.79 Å². The lowest BCUT2D eigenvalue weighted by Gasteiger charge is -2.31. The molecule has 0 saturated heterocycles. The summed E-state index contributed by atoms with van der Waals surface area (Å²) in [6.07, 6.45) is 1.47. The van der Waals surface area contributed by atoms with E-state index in [9.17, 15) is 9.59 Å². The van der Waals surface area contributed by atoms with Crippen LogP contribution in [0.15, 0.2) is 41.1 Å². The van der Waals surface area contributed by atoms with Crippen LogP contribution in [0.3, 0.4) is 0 Å². The molecule has 0 spiro atoms. The van der Waals surface area contributed by atoms with Gasteiger partial charge >= 0.3 is 5.97 Å². The van der Waals surface area contributed by atoms with Gasteiger partial charge in [0.1, 0.15) is 5.71 Å². The number of hydrogen-bond acceptors (Lipinski definition) is 4. The Labute approximate surface area is 149 Å². The number of ketones is 1. The molecule has 2 atom stereocenters. The molecule has 1 aromatic carbocycles. The Morgan fingerprint density at radius 2 is 1.95 bits per heavy atom. The van der Waals surface area contributed by atoms with Gasteiger partial charge in [-0.15, -0.1) is 0 Å². The van der Waals surface area contributed by atoms with Crippen molar-refractivity contribution in [1.82, 2.24) is 0 Å². The predicted molar refractivity (Wildman–Crippen MR) is 93.1 cm³/mol. The number of halogens is 3. The van der Waals surface area contributed by atoms with E-state index in [2.05, 4.69) is 37.0 Å². The summed E-state index contributed by atoms with van der Waals surface area (Å²) in [7, 11) is 0. The smallest absolute Gasteiger partial charge is 0.312 e. The van der Waals surface area contributed by atoms with Crippen molar-refractivity contribution in [3.63, 3.8) is 0 Å². The highest BCUT2D eigenvalue weighted by atomic mass is 79.9. The van der Waals surface area contributed by atoms with E-state index in [1.165, 1.54) is 6.08 Å². The van der Waals surface area contributed by atoms with Crippen molar-refractivity contribution in [3.8, 4) is 0 Å². The fraction of sp³-hybridized carbons (Fsp3) is 0.267. The predicted octanol–water partition coefficient (Wildman–Crippen LogP) is 4.30. The van der Waals surface area contributed by atoms with Crippen molar-refractivity contribution in [2.24, 2.45) is 5.16 Å². The summed E-state index contributed by atoms with van der Waals surface area (Å²) in [5, 5.41) is 4.47. The zero-order valence-corrected chi connectivity index (χ0v) is 15.7. The first-order chi connectivity index (χ1) is 10.2. The molecule has 22 heavy (non-hydrogen) atoms. The molecule has 0 amide bonds. The number of carbonyl (C=O) groups is 2. The summed E-state index contributed by atoms with van der Waals surface area (Å²) in [6.45, 7) is 3.53. The van der Waals surface area contributed by atoms with Crippen LogP contribution in [0.25, 0.3) is 0 Å². The second-order valence-electron chi connectivity index (χ2n) is 4.99. The Bertz CT molecular complexity index is 681. The number of allylic oxidation sites excluding steroid dienone is 2. The molecule has 2 unspecified atom stereocenters. The van der Waals surface area contributed by atoms with Crippen molar-refractivity contribution in [2.45, 2.75) is 23.0 Å². The van der Waals surface area contributed by atoms with Crippen LogP contribution < -0.4 is 0 Å². The number of rotatable bonds is 2. The number of oxime groups is 1. The highest BCUT2D eigenvalue weighted by Gasteiger charge is 2.43. The van der Waals surface area contributed by atoms with Crippen LogP contribution in [-0.2, 0) is 9.63 Å². The summed E-state index contributed by atoms with van der Waals surface area (Å²) < 4.78 is -0.761. The van der Waals surface area contributed by atoms with Crippen molar-refractivity contribution in [1.29, 1.82) is 0 Å². The molecule has 0 heterocycles. The minimum atomic E-state index is -0.761. The Kier molecular flexibility index (Phi) is 5.25. The molecule has 116 valence electrons. The van der Waals surface area contributed by atoms with E-state index >= 15 is 0 Å². The zero-order valence-electron chi connectivity index (χ0n) is 11.8. The van der Waals surface area contributed by atoms with Gasteiger partial charge in [0.15, 0.2) is 5.78 Å². The molecular formula is C15H12Br2ClNO3. The van der Waals surface area contributed by atoms with Crippen molar-refractivity contribution < 1.29 is 14.4 Å². The molecule has 0 fully saturated rings. The quantitative estimate of drug-likeness (QED) is 0.384. The molecule has 0 aliphatic heterocycles. The van der Waals surface area contributed by atoms with E-state index in [0.717, 1.165) is 0 Å². The maximum Gasteiger partial charge on any atom is 0.365 e. The lowest BCUT2D eigenvalue weighted by Crippen LogP contribution is -2.46. The molecule has 4 nitrogen and oxygen atoms in total. The molecule has 1 aromatic rings. The first-order valence-electron chi connectivity index (χ1n) is 6.34. The number of nitrogens with zero attached hydrogens (tertiary/aromatic N) is 1. The van der Waals surface area contributed by atoms with Gasteiger partial charge in [0.25, 0.3) is 0 Å². The third-order valence-electron chi connectivity index (χ3n) is 3.22. The Balaban J connectivity index is 2.25. The average Bonchev–Trinajstić information content (AvgIpc) is 2.45. The minimum absolute atomic E-state index is 0.0696. The molecule has 0 bridgehead atoms. The first-order valence-corrected chi connectivity index (χ1v) is 8.43. The summed E-state index contributed by atoms with van der Waals surface area (Å²) >= 11 is 12.6. The first kappa shape index (κ1) is 17.4. The van der Waals surface area contributed by atoms with E-state index in [1.54, 1.807) is 38.1 Å². The highest BCUT2D eigenvalue weighted by Crippen LogP contribution is 2.36. The Morgan fingerprint density at radius 3 is 2.55 bits per heavy atom. The normalized spacial score (nSPS) is 26.8. The Morgan fingerprint density at radius 1 is 1.36 bits per heavy atom. The molecule has 0 radical (unpaired) electrons. The lowest BCUT2D eigenvalue weighted by molar-refractivity contribution is -0.114. The van der Waals surface area contributed by atoms with E-state index in [0.29, 0.717) is 21.9 Å². The van der Waals surface area contributed by atoms with Gasteiger partial charge in [0.2, 0.25) is 0 Å². The van der Waals surface area contributed by atoms with Crippen LogP contribution >= 0.6 is 43.5 Å². The van der Waals surface area contributed by atoms with Crippen LogP contribution in [-0.4, -0.2) is 26.6 Å². The van der Waals surface area contributed by atoms with Crippen LogP contribution in [0, 0.1) is 0 Å². The zero-order chi connectivity index (χ0) is 16.5. The van der Waals surface area contributed by atoms with Crippen LogP contribution in [0.4, 0.5) is 0 Å². The third-order valence-corrected chi connectivity index (χ3v) is 6.29. The van der Waals surface area contributed by atoms with Gasteiger partial charge in [-0.05, 0) is 49.8 Å². The molecule has 0 saturated carbocycles. The topological polar surface area (TPSA) is 55.7 Å². The maximum atomic E-state index is 12.0. The molecular weight excluding hydrogens is 437 g/mol. The van der Waals surface area contributed by atoms with Gasteiger partial charge in [0, 0.05) is 5.02 Å². The third kappa shape index (κ3) is 3.50. The maximum absolute atomic E-state index is 12.0. The molecule has 7 heteroatoms. The number of benzene rings is 1. The lowest BCUT2D eigenvalue weighted by atomic mass is 9.88. The van der Waals surface area contributed by atoms with E-state index in [-0.39, 0.29) is 5.78 Å². The number of alkyl halides is 2. The second-order valence-corrected chi connectivity index (χ2v) is 7.99. The largest absolute Gasteiger partial charge is 0.365 e. The molecule has 1 aliphatic rings. The van der Waals surface area contributed by atoms with Gasteiger partial charge in [-0.1, -0.05) is 48.6 Å². The molecule has 0 aromatic heterocycles. The van der Waals surface area contributed by atoms with Crippen LogP contribution in [0.1, 0.15) is 24.2 Å². The monoisotopic (exact) mass is 447 g/mol. The number of hydrogen-bond donors (Lipinski definition) is 0. The Hall–Kier alpha value is -0.980. The second kappa shape index (κ2) is 6.64. The average molecular weight is 450 g/mol. The fourth-order valence-corrected chi connectivity index (χ4v) is 3.10. The van der Waals surface area contributed by atoms with E-state index < -0.39 is 15.1 Å². The summed E-state index contributed by atoms with van der Waals surface area (Å²) in [5.41, 5.74) is 1.47. The minimum Gasteiger partial charge on any atom is -0.312 e. The van der Waals surface area contributed by atoms with Crippen LogP contribution in [0.2, 0.25) is 5.02 Å².